The zero-order valence-electron chi connectivity index (χ0n) is 8.62. The normalized spacial score (nSPS) is 10.4. The third kappa shape index (κ3) is 2.53. The summed E-state index contributed by atoms with van der Waals surface area (Å²) in [6.45, 7) is 2.66. The standard InChI is InChI=1S/C11H10BrNOS2/c1-7-2-4-15-9(7)6-13-11(14)10-8(12)3-5-16-10/h2-5H,6H2,1H3,(H,13,14). The fraction of sp³-hybridized carbons (Fsp3) is 0.182. The van der Waals surface area contributed by atoms with E-state index in [4.69, 9.17) is 0 Å². The average Bonchev–Trinajstić information content (AvgIpc) is 2.84. The van der Waals surface area contributed by atoms with Crippen molar-refractivity contribution in [2.75, 3.05) is 0 Å². The number of rotatable bonds is 3. The van der Waals surface area contributed by atoms with E-state index in [1.54, 1.807) is 11.3 Å². The lowest BCUT2D eigenvalue weighted by Gasteiger charge is -2.03. The minimum absolute atomic E-state index is 0.0188. The van der Waals surface area contributed by atoms with Crippen molar-refractivity contribution in [1.82, 2.24) is 5.32 Å². The number of hydrogen-bond donors (Lipinski definition) is 1. The lowest BCUT2D eigenvalue weighted by atomic mass is 10.3. The van der Waals surface area contributed by atoms with Crippen LogP contribution in [-0.4, -0.2) is 5.91 Å². The molecule has 2 aromatic rings. The van der Waals surface area contributed by atoms with E-state index in [1.165, 1.54) is 21.8 Å². The fourth-order valence-electron chi connectivity index (χ4n) is 1.28. The summed E-state index contributed by atoms with van der Waals surface area (Å²) >= 11 is 6.47. The molecular weight excluding hydrogens is 306 g/mol. The summed E-state index contributed by atoms with van der Waals surface area (Å²) in [7, 11) is 0. The molecule has 0 aliphatic carbocycles. The summed E-state index contributed by atoms with van der Waals surface area (Å²) in [5, 5.41) is 6.86. The second-order valence-corrected chi connectivity index (χ2v) is 6.08. The zero-order chi connectivity index (χ0) is 11.5. The molecule has 0 aliphatic rings. The van der Waals surface area contributed by atoms with Gasteiger partial charge in [-0.05, 0) is 51.3 Å². The molecule has 2 nitrogen and oxygen atoms in total. The van der Waals surface area contributed by atoms with Crippen LogP contribution in [0.1, 0.15) is 20.1 Å². The summed E-state index contributed by atoms with van der Waals surface area (Å²) in [4.78, 5) is 13.7. The molecule has 0 unspecified atom stereocenters. The molecule has 2 aromatic heterocycles. The molecule has 1 amide bonds. The largest absolute Gasteiger partial charge is 0.346 e. The first-order chi connectivity index (χ1) is 7.68. The average molecular weight is 316 g/mol. The van der Waals surface area contributed by atoms with Gasteiger partial charge in [0.15, 0.2) is 0 Å². The summed E-state index contributed by atoms with van der Waals surface area (Å²) < 4.78 is 0.859. The van der Waals surface area contributed by atoms with Crippen LogP contribution in [0.25, 0.3) is 0 Å². The number of carbonyl (C=O) groups excluding carboxylic acids is 1. The molecule has 2 heterocycles. The van der Waals surface area contributed by atoms with Crippen LogP contribution >= 0.6 is 38.6 Å². The highest BCUT2D eigenvalue weighted by molar-refractivity contribution is 9.10. The number of thiophene rings is 2. The van der Waals surface area contributed by atoms with E-state index in [0.29, 0.717) is 6.54 Å². The van der Waals surface area contributed by atoms with Gasteiger partial charge in [-0.1, -0.05) is 0 Å². The van der Waals surface area contributed by atoms with Gasteiger partial charge in [0.1, 0.15) is 4.88 Å². The highest BCUT2D eigenvalue weighted by Crippen LogP contribution is 2.22. The van der Waals surface area contributed by atoms with Crippen LogP contribution in [0.4, 0.5) is 0 Å². The smallest absolute Gasteiger partial charge is 0.262 e. The van der Waals surface area contributed by atoms with E-state index in [0.717, 1.165) is 9.35 Å². The van der Waals surface area contributed by atoms with Crippen molar-refractivity contribution in [3.05, 3.63) is 42.7 Å². The first kappa shape index (κ1) is 11.8. The molecule has 2 rings (SSSR count). The Morgan fingerprint density at radius 2 is 2.12 bits per heavy atom. The first-order valence-electron chi connectivity index (χ1n) is 4.72. The number of nitrogens with one attached hydrogen (secondary N) is 1. The predicted octanol–water partition coefficient (Wildman–Crippen LogP) is 3.81. The van der Waals surface area contributed by atoms with Gasteiger partial charge in [-0.2, -0.15) is 0 Å². The number of aryl methyl sites for hydroxylation is 1. The summed E-state index contributed by atoms with van der Waals surface area (Å²) in [5.74, 6) is -0.0188. The molecule has 84 valence electrons. The first-order valence-corrected chi connectivity index (χ1v) is 7.28. The Labute approximate surface area is 110 Å². The maximum absolute atomic E-state index is 11.8. The monoisotopic (exact) mass is 315 g/mol. The van der Waals surface area contributed by atoms with Crippen molar-refractivity contribution in [2.45, 2.75) is 13.5 Å². The molecule has 5 heteroatoms. The maximum Gasteiger partial charge on any atom is 0.262 e. The van der Waals surface area contributed by atoms with Crippen LogP contribution in [0.3, 0.4) is 0 Å². The van der Waals surface area contributed by atoms with Gasteiger partial charge in [-0.3, -0.25) is 4.79 Å². The van der Waals surface area contributed by atoms with Gasteiger partial charge < -0.3 is 5.32 Å². The number of hydrogen-bond acceptors (Lipinski definition) is 3. The molecule has 0 radical (unpaired) electrons. The molecule has 0 saturated carbocycles. The van der Waals surface area contributed by atoms with E-state index >= 15 is 0 Å². The lowest BCUT2D eigenvalue weighted by Crippen LogP contribution is -2.21. The third-order valence-corrected chi connectivity index (χ3v) is 5.06. The third-order valence-electron chi connectivity index (χ3n) is 2.20. The second kappa shape index (κ2) is 5.12. The Balaban J connectivity index is 1.99. The minimum Gasteiger partial charge on any atom is -0.346 e. The van der Waals surface area contributed by atoms with Gasteiger partial charge in [0.2, 0.25) is 0 Å². The highest BCUT2D eigenvalue weighted by Gasteiger charge is 2.11. The SMILES string of the molecule is Cc1ccsc1CNC(=O)c1sccc1Br. The Morgan fingerprint density at radius 1 is 1.38 bits per heavy atom. The molecule has 0 bridgehead atoms. The second-order valence-electron chi connectivity index (χ2n) is 3.31. The zero-order valence-corrected chi connectivity index (χ0v) is 11.8. The Hall–Kier alpha value is -0.650. The Bertz CT molecular complexity index is 504. The quantitative estimate of drug-likeness (QED) is 0.916. The van der Waals surface area contributed by atoms with E-state index in [2.05, 4.69) is 34.2 Å². The van der Waals surface area contributed by atoms with Crippen molar-refractivity contribution in [3.63, 3.8) is 0 Å². The van der Waals surface area contributed by atoms with Crippen LogP contribution in [0, 0.1) is 6.92 Å². The van der Waals surface area contributed by atoms with Crippen molar-refractivity contribution in [3.8, 4) is 0 Å². The molecule has 0 fully saturated rings. The van der Waals surface area contributed by atoms with E-state index in [1.807, 2.05) is 16.8 Å². The number of halogens is 1. The van der Waals surface area contributed by atoms with E-state index in [9.17, 15) is 4.79 Å². The van der Waals surface area contributed by atoms with Crippen molar-refractivity contribution < 1.29 is 4.79 Å². The molecule has 0 atom stereocenters. The van der Waals surface area contributed by atoms with Gasteiger partial charge in [0.05, 0.1) is 6.54 Å². The van der Waals surface area contributed by atoms with Gasteiger partial charge >= 0.3 is 0 Å². The van der Waals surface area contributed by atoms with Crippen molar-refractivity contribution in [1.29, 1.82) is 0 Å². The molecule has 0 aliphatic heterocycles. The summed E-state index contributed by atoms with van der Waals surface area (Å²) in [6.07, 6.45) is 0. The highest BCUT2D eigenvalue weighted by atomic mass is 79.9. The number of amides is 1. The van der Waals surface area contributed by atoms with Gasteiger partial charge in [0, 0.05) is 9.35 Å². The van der Waals surface area contributed by atoms with E-state index < -0.39 is 0 Å². The summed E-state index contributed by atoms with van der Waals surface area (Å²) in [5.41, 5.74) is 1.23. The number of carbonyl (C=O) groups is 1. The maximum atomic E-state index is 11.8. The van der Waals surface area contributed by atoms with Crippen molar-refractivity contribution in [2.24, 2.45) is 0 Å². The Kier molecular flexibility index (Phi) is 3.78. The predicted molar refractivity (Wildman–Crippen MR) is 72.2 cm³/mol. The molecule has 16 heavy (non-hydrogen) atoms. The molecular formula is C11H10BrNOS2. The molecule has 1 N–H and O–H groups in total. The summed E-state index contributed by atoms with van der Waals surface area (Å²) in [6, 6.07) is 3.95. The van der Waals surface area contributed by atoms with Crippen LogP contribution in [0.2, 0.25) is 0 Å². The van der Waals surface area contributed by atoms with E-state index in [-0.39, 0.29) is 5.91 Å². The fourth-order valence-corrected chi connectivity index (χ4v) is 3.60. The van der Waals surface area contributed by atoms with Crippen molar-refractivity contribution >= 4 is 44.5 Å². The van der Waals surface area contributed by atoms with Gasteiger partial charge in [0.25, 0.3) is 5.91 Å². The van der Waals surface area contributed by atoms with Gasteiger partial charge in [-0.25, -0.2) is 0 Å². The Morgan fingerprint density at radius 3 is 2.69 bits per heavy atom. The topological polar surface area (TPSA) is 29.1 Å². The molecule has 0 spiro atoms. The molecule has 0 saturated heterocycles. The van der Waals surface area contributed by atoms with Crippen LogP contribution < -0.4 is 5.32 Å². The van der Waals surface area contributed by atoms with Crippen LogP contribution in [0.5, 0.6) is 0 Å². The molecule has 0 aromatic carbocycles. The van der Waals surface area contributed by atoms with Gasteiger partial charge in [-0.15, -0.1) is 22.7 Å². The van der Waals surface area contributed by atoms with Crippen LogP contribution in [-0.2, 0) is 6.54 Å². The minimum atomic E-state index is -0.0188. The lowest BCUT2D eigenvalue weighted by molar-refractivity contribution is 0.0954. The van der Waals surface area contributed by atoms with Crippen LogP contribution in [0.15, 0.2) is 27.4 Å².